The van der Waals surface area contributed by atoms with Crippen molar-refractivity contribution in [3.05, 3.63) is 48.0 Å². The van der Waals surface area contributed by atoms with Crippen LogP contribution in [-0.2, 0) is 4.74 Å². The Morgan fingerprint density at radius 1 is 1.27 bits per heavy atom. The van der Waals surface area contributed by atoms with Gasteiger partial charge in [0.05, 0.1) is 0 Å². The molecule has 2 aromatic rings. The highest BCUT2D eigenvalue weighted by molar-refractivity contribution is 6.07. The first kappa shape index (κ1) is 15.0. The molecule has 1 aliphatic rings. The molecule has 3 rings (SSSR count). The molecule has 1 atom stereocenters. The Morgan fingerprint density at radius 2 is 2.09 bits per heavy atom. The monoisotopic (exact) mass is 298 g/mol. The highest BCUT2D eigenvalue weighted by atomic mass is 16.5. The van der Waals surface area contributed by atoms with Crippen molar-refractivity contribution < 1.29 is 9.53 Å². The van der Waals surface area contributed by atoms with Crippen LogP contribution in [0.2, 0.25) is 0 Å². The summed E-state index contributed by atoms with van der Waals surface area (Å²) in [6, 6.07) is 14.3. The van der Waals surface area contributed by atoms with Gasteiger partial charge in [0.15, 0.2) is 0 Å². The van der Waals surface area contributed by atoms with Crippen LogP contribution in [0.25, 0.3) is 10.8 Å². The number of carbonyl (C=O) groups excluding carboxylic acids is 1. The zero-order valence-electron chi connectivity index (χ0n) is 12.9. The number of carbonyl (C=O) groups is 1. The van der Waals surface area contributed by atoms with Crippen LogP contribution in [0.15, 0.2) is 42.5 Å². The molecule has 1 N–H and O–H groups in total. The molecule has 0 bridgehead atoms. The van der Waals surface area contributed by atoms with Gasteiger partial charge in [0, 0.05) is 45.0 Å². The van der Waals surface area contributed by atoms with E-state index < -0.39 is 0 Å². The lowest BCUT2D eigenvalue weighted by Gasteiger charge is -2.34. The van der Waals surface area contributed by atoms with E-state index >= 15 is 0 Å². The van der Waals surface area contributed by atoms with E-state index in [0.717, 1.165) is 42.4 Å². The van der Waals surface area contributed by atoms with Gasteiger partial charge in [-0.2, -0.15) is 0 Å². The molecule has 22 heavy (non-hydrogen) atoms. The zero-order valence-corrected chi connectivity index (χ0v) is 12.9. The molecule has 4 nitrogen and oxygen atoms in total. The first-order valence-corrected chi connectivity index (χ1v) is 7.79. The number of ether oxygens (including phenoxy) is 1. The fourth-order valence-corrected chi connectivity index (χ4v) is 3.05. The molecule has 1 saturated heterocycles. The van der Waals surface area contributed by atoms with Crippen molar-refractivity contribution in [3.8, 4) is 0 Å². The second kappa shape index (κ2) is 6.90. The molecule has 1 fully saturated rings. The lowest BCUT2D eigenvalue weighted by atomic mass is 10.0. The van der Waals surface area contributed by atoms with Crippen molar-refractivity contribution in [1.29, 1.82) is 0 Å². The molecule has 1 heterocycles. The van der Waals surface area contributed by atoms with E-state index in [1.54, 1.807) is 7.11 Å². The summed E-state index contributed by atoms with van der Waals surface area (Å²) in [4.78, 5) is 14.9. The smallest absolute Gasteiger partial charge is 0.254 e. The number of piperazine rings is 1. The molecule has 1 aliphatic heterocycles. The molecule has 0 aliphatic carbocycles. The minimum Gasteiger partial charge on any atom is -0.385 e. The zero-order chi connectivity index (χ0) is 15.4. The molecule has 1 amide bonds. The summed E-state index contributed by atoms with van der Waals surface area (Å²) in [5, 5.41) is 5.59. The molecule has 0 saturated carbocycles. The van der Waals surface area contributed by atoms with Crippen LogP contribution in [0.4, 0.5) is 0 Å². The van der Waals surface area contributed by atoms with Crippen LogP contribution >= 0.6 is 0 Å². The predicted octanol–water partition coefficient (Wildman–Crippen LogP) is 2.29. The molecule has 0 aromatic heterocycles. The molecule has 1 unspecified atom stereocenters. The molecule has 0 radical (unpaired) electrons. The average molecular weight is 298 g/mol. The maximum atomic E-state index is 12.9. The van der Waals surface area contributed by atoms with Crippen molar-refractivity contribution in [2.45, 2.75) is 12.5 Å². The van der Waals surface area contributed by atoms with E-state index in [1.807, 2.05) is 47.4 Å². The lowest BCUT2D eigenvalue weighted by Crippen LogP contribution is -2.52. The predicted molar refractivity (Wildman–Crippen MR) is 88.1 cm³/mol. The van der Waals surface area contributed by atoms with Crippen molar-refractivity contribution in [3.63, 3.8) is 0 Å². The number of amides is 1. The number of methoxy groups -OCH3 is 1. The number of hydrogen-bond acceptors (Lipinski definition) is 3. The molecule has 2 aromatic carbocycles. The van der Waals surface area contributed by atoms with Crippen LogP contribution in [0, 0.1) is 0 Å². The van der Waals surface area contributed by atoms with Gasteiger partial charge in [-0.05, 0) is 23.3 Å². The fraction of sp³-hybridized carbons (Fsp3) is 0.389. The largest absolute Gasteiger partial charge is 0.385 e. The van der Waals surface area contributed by atoms with Gasteiger partial charge in [-0.1, -0.05) is 36.4 Å². The summed E-state index contributed by atoms with van der Waals surface area (Å²) in [5.41, 5.74) is 0.797. The van der Waals surface area contributed by atoms with E-state index in [4.69, 9.17) is 4.74 Å². The summed E-state index contributed by atoms with van der Waals surface area (Å²) in [7, 11) is 1.71. The van der Waals surface area contributed by atoms with Gasteiger partial charge < -0.3 is 15.0 Å². The fourth-order valence-electron chi connectivity index (χ4n) is 3.05. The van der Waals surface area contributed by atoms with Crippen molar-refractivity contribution >= 4 is 16.7 Å². The quantitative estimate of drug-likeness (QED) is 0.941. The standard InChI is InChI=1S/C18H22N2O2/c1-22-12-9-15-13-20(11-10-19-15)18(21)17-8-4-6-14-5-2-3-7-16(14)17/h2-8,15,19H,9-13H2,1H3. The van der Waals surface area contributed by atoms with Crippen LogP contribution in [0.5, 0.6) is 0 Å². The summed E-state index contributed by atoms with van der Waals surface area (Å²) in [5.74, 6) is 0.126. The highest BCUT2D eigenvalue weighted by Crippen LogP contribution is 2.20. The maximum absolute atomic E-state index is 12.9. The molecular weight excluding hydrogens is 276 g/mol. The van der Waals surface area contributed by atoms with Gasteiger partial charge in [-0.25, -0.2) is 0 Å². The van der Waals surface area contributed by atoms with E-state index in [0.29, 0.717) is 12.6 Å². The highest BCUT2D eigenvalue weighted by Gasteiger charge is 2.24. The number of rotatable bonds is 4. The van der Waals surface area contributed by atoms with Crippen LogP contribution < -0.4 is 5.32 Å². The number of hydrogen-bond donors (Lipinski definition) is 1. The van der Waals surface area contributed by atoms with Gasteiger partial charge in [0.2, 0.25) is 0 Å². The Bertz CT molecular complexity index is 651. The normalized spacial score (nSPS) is 18.6. The van der Waals surface area contributed by atoms with Crippen molar-refractivity contribution in [2.24, 2.45) is 0 Å². The Labute approximate surface area is 131 Å². The first-order valence-electron chi connectivity index (χ1n) is 7.79. The second-order valence-electron chi connectivity index (χ2n) is 5.71. The van der Waals surface area contributed by atoms with E-state index in [2.05, 4.69) is 5.32 Å². The first-order chi connectivity index (χ1) is 10.8. The second-order valence-corrected chi connectivity index (χ2v) is 5.71. The Hall–Kier alpha value is -1.91. The van der Waals surface area contributed by atoms with Crippen molar-refractivity contribution in [1.82, 2.24) is 10.2 Å². The Kier molecular flexibility index (Phi) is 4.71. The Balaban J connectivity index is 1.80. The molecule has 0 spiro atoms. The number of benzene rings is 2. The van der Waals surface area contributed by atoms with Gasteiger partial charge in [0.25, 0.3) is 5.91 Å². The van der Waals surface area contributed by atoms with Gasteiger partial charge in [-0.3, -0.25) is 4.79 Å². The molecule has 116 valence electrons. The summed E-state index contributed by atoms with van der Waals surface area (Å²) in [6.07, 6.45) is 0.926. The van der Waals surface area contributed by atoms with Crippen LogP contribution in [-0.4, -0.2) is 50.2 Å². The molecule has 4 heteroatoms. The van der Waals surface area contributed by atoms with E-state index in [1.165, 1.54) is 0 Å². The number of nitrogens with one attached hydrogen (secondary N) is 1. The van der Waals surface area contributed by atoms with Crippen LogP contribution in [0.1, 0.15) is 16.8 Å². The lowest BCUT2D eigenvalue weighted by molar-refractivity contribution is 0.0685. The average Bonchev–Trinajstić information content (AvgIpc) is 2.59. The van der Waals surface area contributed by atoms with E-state index in [-0.39, 0.29) is 5.91 Å². The van der Waals surface area contributed by atoms with Crippen molar-refractivity contribution in [2.75, 3.05) is 33.4 Å². The summed E-state index contributed by atoms with van der Waals surface area (Å²) in [6.45, 7) is 3.05. The molecular formula is C18H22N2O2. The maximum Gasteiger partial charge on any atom is 0.254 e. The third-order valence-electron chi connectivity index (χ3n) is 4.23. The SMILES string of the molecule is COCCC1CN(C(=O)c2cccc3ccccc23)CCN1. The minimum absolute atomic E-state index is 0.126. The third-order valence-corrected chi connectivity index (χ3v) is 4.23. The van der Waals surface area contributed by atoms with Gasteiger partial charge in [0.1, 0.15) is 0 Å². The number of fused-ring (bicyclic) bond motifs is 1. The minimum atomic E-state index is 0.126. The van der Waals surface area contributed by atoms with Gasteiger partial charge >= 0.3 is 0 Å². The summed E-state index contributed by atoms with van der Waals surface area (Å²) < 4.78 is 5.14. The summed E-state index contributed by atoms with van der Waals surface area (Å²) >= 11 is 0. The van der Waals surface area contributed by atoms with E-state index in [9.17, 15) is 4.79 Å². The third kappa shape index (κ3) is 3.13. The topological polar surface area (TPSA) is 41.6 Å². The Morgan fingerprint density at radius 3 is 2.95 bits per heavy atom. The number of nitrogens with zero attached hydrogens (tertiary/aromatic N) is 1. The van der Waals surface area contributed by atoms with Crippen LogP contribution in [0.3, 0.4) is 0 Å². The van der Waals surface area contributed by atoms with Gasteiger partial charge in [-0.15, -0.1) is 0 Å².